The molecule has 0 aliphatic carbocycles. The van der Waals surface area contributed by atoms with E-state index in [1.54, 1.807) is 60.1 Å². The average molecular weight is 513 g/mol. The van der Waals surface area contributed by atoms with E-state index in [2.05, 4.69) is 4.98 Å². The fourth-order valence-electron chi connectivity index (χ4n) is 4.16. The number of aliphatic hydroxyl groups excluding tert-OH is 1. The summed E-state index contributed by atoms with van der Waals surface area (Å²) in [5.41, 5.74) is 0.958. The number of thiazole rings is 1. The normalized spacial score (nSPS) is 16.7. The van der Waals surface area contributed by atoms with E-state index in [9.17, 15) is 14.7 Å². The summed E-state index contributed by atoms with van der Waals surface area (Å²) >= 11 is 1.24. The van der Waals surface area contributed by atoms with E-state index in [0.29, 0.717) is 40.1 Å². The molecule has 0 radical (unpaired) electrons. The van der Waals surface area contributed by atoms with Crippen molar-refractivity contribution in [3.8, 4) is 17.2 Å². The van der Waals surface area contributed by atoms with Gasteiger partial charge in [0.25, 0.3) is 5.78 Å². The lowest BCUT2D eigenvalue weighted by Crippen LogP contribution is -2.29. The number of hydrogen-bond acceptors (Lipinski definition) is 7. The number of hydrogen-bond donors (Lipinski definition) is 1. The van der Waals surface area contributed by atoms with Crippen molar-refractivity contribution in [2.45, 2.75) is 19.4 Å². The molecule has 1 saturated heterocycles. The molecule has 7 nitrogen and oxygen atoms in total. The summed E-state index contributed by atoms with van der Waals surface area (Å²) in [5, 5.41) is 13.5. The van der Waals surface area contributed by atoms with Crippen LogP contribution < -0.4 is 14.4 Å². The summed E-state index contributed by atoms with van der Waals surface area (Å²) < 4.78 is 11.7. The van der Waals surface area contributed by atoms with Gasteiger partial charge in [-0.1, -0.05) is 49.4 Å². The van der Waals surface area contributed by atoms with Crippen LogP contribution in [0.3, 0.4) is 0 Å². The van der Waals surface area contributed by atoms with Gasteiger partial charge in [-0.25, -0.2) is 4.98 Å². The third kappa shape index (κ3) is 4.96. The van der Waals surface area contributed by atoms with E-state index < -0.39 is 17.7 Å². The number of ether oxygens (including phenoxy) is 2. The Kier molecular flexibility index (Phi) is 7.00. The molecule has 1 atom stereocenters. The van der Waals surface area contributed by atoms with Crippen LogP contribution >= 0.6 is 11.3 Å². The van der Waals surface area contributed by atoms with Gasteiger partial charge in [-0.3, -0.25) is 14.5 Å². The molecule has 1 unspecified atom stereocenters. The van der Waals surface area contributed by atoms with Crippen molar-refractivity contribution in [3.05, 3.63) is 107 Å². The molecule has 1 aromatic heterocycles. The van der Waals surface area contributed by atoms with Crippen LogP contribution in [0.2, 0.25) is 0 Å². The van der Waals surface area contributed by atoms with Crippen molar-refractivity contribution in [3.63, 3.8) is 0 Å². The molecule has 1 amide bonds. The van der Waals surface area contributed by atoms with Gasteiger partial charge in [0.2, 0.25) is 0 Å². The number of carbonyl (C=O) groups is 2. The first-order valence-corrected chi connectivity index (χ1v) is 12.7. The van der Waals surface area contributed by atoms with Crippen molar-refractivity contribution in [2.75, 3.05) is 11.5 Å². The molecule has 1 aliphatic heterocycles. The first-order valence-electron chi connectivity index (χ1n) is 11.8. The Morgan fingerprint density at radius 1 is 0.973 bits per heavy atom. The van der Waals surface area contributed by atoms with Crippen LogP contribution in [-0.4, -0.2) is 28.4 Å². The molecule has 3 aromatic carbocycles. The molecular weight excluding hydrogens is 488 g/mol. The second-order valence-corrected chi connectivity index (χ2v) is 9.22. The van der Waals surface area contributed by atoms with Crippen molar-refractivity contribution in [1.29, 1.82) is 0 Å². The van der Waals surface area contributed by atoms with Gasteiger partial charge >= 0.3 is 5.91 Å². The van der Waals surface area contributed by atoms with Crippen LogP contribution in [-0.2, 0) is 9.59 Å². The molecule has 1 fully saturated rings. The second-order valence-electron chi connectivity index (χ2n) is 8.35. The fourth-order valence-corrected chi connectivity index (χ4v) is 4.83. The Balaban J connectivity index is 1.62. The highest BCUT2D eigenvalue weighted by molar-refractivity contribution is 7.14. The summed E-state index contributed by atoms with van der Waals surface area (Å²) in [4.78, 5) is 32.2. The van der Waals surface area contributed by atoms with E-state index in [1.807, 2.05) is 37.3 Å². The van der Waals surface area contributed by atoms with Crippen molar-refractivity contribution in [1.82, 2.24) is 4.98 Å². The number of aliphatic hydroxyl groups is 1. The highest BCUT2D eigenvalue weighted by atomic mass is 32.1. The van der Waals surface area contributed by atoms with Gasteiger partial charge in [-0.2, -0.15) is 0 Å². The van der Waals surface area contributed by atoms with E-state index in [1.165, 1.54) is 16.2 Å². The minimum Gasteiger partial charge on any atom is -0.507 e. The fraction of sp³-hybridized carbons (Fsp3) is 0.138. The van der Waals surface area contributed by atoms with Gasteiger partial charge in [0, 0.05) is 17.1 Å². The maximum Gasteiger partial charge on any atom is 0.301 e. The number of rotatable bonds is 8. The van der Waals surface area contributed by atoms with Crippen LogP contribution in [0.1, 0.15) is 30.5 Å². The standard InChI is InChI=1S/C29H24N2O5S/c1-2-15-35-22-12-7-9-20(18-22)26(32)24-25(31(28(34)27(24)33)29-30-14-16-37-29)19-8-6-13-23(17-19)36-21-10-4-3-5-11-21/h3-14,16-18,25,32H,2,15H2,1H3. The molecule has 2 heterocycles. The first kappa shape index (κ1) is 24.3. The van der Waals surface area contributed by atoms with Crippen LogP contribution in [0.15, 0.2) is 96.0 Å². The molecule has 37 heavy (non-hydrogen) atoms. The molecule has 8 heteroatoms. The molecule has 0 bridgehead atoms. The minimum atomic E-state index is -0.898. The van der Waals surface area contributed by atoms with Crippen molar-refractivity contribution >= 4 is 33.9 Å². The average Bonchev–Trinajstić information content (AvgIpc) is 3.54. The Morgan fingerprint density at radius 2 is 1.73 bits per heavy atom. The summed E-state index contributed by atoms with van der Waals surface area (Å²) in [6.07, 6.45) is 2.40. The molecule has 186 valence electrons. The van der Waals surface area contributed by atoms with E-state index in [0.717, 1.165) is 6.42 Å². The van der Waals surface area contributed by atoms with Crippen molar-refractivity contribution in [2.24, 2.45) is 0 Å². The number of benzene rings is 3. The summed E-state index contributed by atoms with van der Waals surface area (Å²) in [5.74, 6) is -0.0734. The van der Waals surface area contributed by atoms with Crippen LogP contribution in [0, 0.1) is 0 Å². The molecular formula is C29H24N2O5S. The van der Waals surface area contributed by atoms with Gasteiger partial charge in [-0.05, 0) is 48.4 Å². The second kappa shape index (κ2) is 10.7. The number of Topliss-reactive ketones (excluding diaryl/α,β-unsaturated/α-hetero) is 1. The maximum absolute atomic E-state index is 13.3. The number of amides is 1. The highest BCUT2D eigenvalue weighted by Gasteiger charge is 2.48. The molecule has 1 aliphatic rings. The first-order chi connectivity index (χ1) is 18.1. The lowest BCUT2D eigenvalue weighted by atomic mass is 9.95. The molecule has 5 rings (SSSR count). The number of anilines is 1. The van der Waals surface area contributed by atoms with E-state index >= 15 is 0 Å². The SMILES string of the molecule is CCCOc1cccc(C(O)=C2C(=O)C(=O)N(c3nccs3)C2c2cccc(Oc3ccccc3)c2)c1. The van der Waals surface area contributed by atoms with Crippen LogP contribution in [0.25, 0.3) is 5.76 Å². The number of para-hydroxylation sites is 1. The monoisotopic (exact) mass is 512 g/mol. The van der Waals surface area contributed by atoms with Gasteiger partial charge in [0.1, 0.15) is 23.0 Å². The van der Waals surface area contributed by atoms with E-state index in [-0.39, 0.29) is 11.3 Å². The molecule has 0 spiro atoms. The van der Waals surface area contributed by atoms with Crippen LogP contribution in [0.4, 0.5) is 5.13 Å². The van der Waals surface area contributed by atoms with Crippen LogP contribution in [0.5, 0.6) is 17.2 Å². The van der Waals surface area contributed by atoms with Gasteiger partial charge in [0.05, 0.1) is 18.2 Å². The zero-order valence-electron chi connectivity index (χ0n) is 20.0. The molecule has 0 saturated carbocycles. The van der Waals surface area contributed by atoms with Gasteiger partial charge < -0.3 is 14.6 Å². The summed E-state index contributed by atoms with van der Waals surface area (Å²) in [6, 6.07) is 22.4. The number of nitrogens with zero attached hydrogens (tertiary/aromatic N) is 2. The van der Waals surface area contributed by atoms with E-state index in [4.69, 9.17) is 9.47 Å². The number of carbonyl (C=O) groups excluding carboxylic acids is 2. The third-order valence-corrected chi connectivity index (χ3v) is 6.57. The Bertz CT molecular complexity index is 1450. The molecule has 4 aromatic rings. The Hall–Kier alpha value is -4.43. The zero-order chi connectivity index (χ0) is 25.8. The third-order valence-electron chi connectivity index (χ3n) is 5.80. The molecule has 1 N–H and O–H groups in total. The minimum absolute atomic E-state index is 0.0234. The van der Waals surface area contributed by atoms with Gasteiger partial charge in [-0.15, -0.1) is 11.3 Å². The summed E-state index contributed by atoms with van der Waals surface area (Å²) in [6.45, 7) is 2.52. The zero-order valence-corrected chi connectivity index (χ0v) is 20.9. The Morgan fingerprint density at radius 3 is 2.49 bits per heavy atom. The smallest absolute Gasteiger partial charge is 0.301 e. The number of aromatic nitrogens is 1. The van der Waals surface area contributed by atoms with Gasteiger partial charge in [0.15, 0.2) is 5.13 Å². The summed E-state index contributed by atoms with van der Waals surface area (Å²) in [7, 11) is 0. The van der Waals surface area contributed by atoms with Crippen molar-refractivity contribution < 1.29 is 24.2 Å². The maximum atomic E-state index is 13.3. The number of ketones is 1. The Labute approximate surface area is 218 Å². The quantitative estimate of drug-likeness (QED) is 0.168. The lowest BCUT2D eigenvalue weighted by molar-refractivity contribution is -0.132. The predicted octanol–water partition coefficient (Wildman–Crippen LogP) is 6.35. The highest BCUT2D eigenvalue weighted by Crippen LogP contribution is 2.43. The largest absolute Gasteiger partial charge is 0.507 e. The topological polar surface area (TPSA) is 89.0 Å². The predicted molar refractivity (Wildman–Crippen MR) is 142 cm³/mol. The lowest BCUT2D eigenvalue weighted by Gasteiger charge is -2.23.